The number of nitrogens with zero attached hydrogens (tertiary/aromatic N) is 2. The first-order valence-corrected chi connectivity index (χ1v) is 9.01. The minimum absolute atomic E-state index is 0.0776. The molecule has 0 radical (unpaired) electrons. The summed E-state index contributed by atoms with van der Waals surface area (Å²) in [5, 5.41) is 13.7. The molecule has 3 rings (SSSR count). The molecular formula is C20H22FN3O3. The number of anilines is 1. The van der Waals surface area contributed by atoms with Crippen molar-refractivity contribution >= 4 is 17.3 Å². The van der Waals surface area contributed by atoms with Gasteiger partial charge in [0, 0.05) is 23.9 Å². The maximum absolute atomic E-state index is 13.9. The molecule has 27 heavy (non-hydrogen) atoms. The number of piperidine rings is 1. The van der Waals surface area contributed by atoms with Crippen LogP contribution in [-0.2, 0) is 6.54 Å². The maximum Gasteiger partial charge on any atom is 0.276 e. The Kier molecular flexibility index (Phi) is 5.81. The van der Waals surface area contributed by atoms with E-state index >= 15 is 0 Å². The third-order valence-electron chi connectivity index (χ3n) is 4.82. The number of benzene rings is 2. The summed E-state index contributed by atoms with van der Waals surface area (Å²) in [7, 11) is 0. The highest BCUT2D eigenvalue weighted by Crippen LogP contribution is 2.24. The van der Waals surface area contributed by atoms with Gasteiger partial charge in [0.2, 0.25) is 0 Å². The van der Waals surface area contributed by atoms with Crippen molar-refractivity contribution in [3.05, 3.63) is 69.0 Å². The number of carbonyl (C=O) groups is 1. The van der Waals surface area contributed by atoms with Crippen molar-refractivity contribution < 1.29 is 14.1 Å². The second-order valence-corrected chi connectivity index (χ2v) is 6.85. The number of rotatable bonds is 5. The first-order valence-electron chi connectivity index (χ1n) is 9.01. The molecule has 7 heteroatoms. The molecule has 0 aromatic heterocycles. The lowest BCUT2D eigenvalue weighted by molar-refractivity contribution is -0.385. The van der Waals surface area contributed by atoms with E-state index in [9.17, 15) is 19.3 Å². The standard InChI is InChI=1S/C20H22FN3O3/c1-14-18(21)11-16(12-19(14)24(26)27)20(25)22-17-7-5-6-15(10-17)13-23-8-3-2-4-9-23/h5-7,10-12H,2-4,8-9,13H2,1H3,(H,22,25). The van der Waals surface area contributed by atoms with Gasteiger partial charge in [0.05, 0.1) is 10.5 Å². The zero-order valence-electron chi connectivity index (χ0n) is 15.2. The molecule has 1 fully saturated rings. The molecule has 1 amide bonds. The van der Waals surface area contributed by atoms with Crippen LogP contribution in [0.15, 0.2) is 36.4 Å². The number of nitrogens with one attached hydrogen (secondary N) is 1. The van der Waals surface area contributed by atoms with Crippen LogP contribution >= 0.6 is 0 Å². The van der Waals surface area contributed by atoms with Gasteiger partial charge < -0.3 is 5.32 Å². The molecule has 1 aliphatic heterocycles. The van der Waals surface area contributed by atoms with Gasteiger partial charge in [-0.05, 0) is 56.6 Å². The van der Waals surface area contributed by atoms with Crippen molar-refractivity contribution in [1.82, 2.24) is 4.90 Å². The lowest BCUT2D eigenvalue weighted by Gasteiger charge is -2.26. The van der Waals surface area contributed by atoms with E-state index in [2.05, 4.69) is 10.2 Å². The molecular weight excluding hydrogens is 349 g/mol. The highest BCUT2D eigenvalue weighted by Gasteiger charge is 2.19. The van der Waals surface area contributed by atoms with Gasteiger partial charge in [-0.15, -0.1) is 0 Å². The van der Waals surface area contributed by atoms with Crippen LogP contribution in [0.5, 0.6) is 0 Å². The Bertz CT molecular complexity index is 864. The molecule has 1 heterocycles. The Balaban J connectivity index is 1.74. The minimum atomic E-state index is -0.770. The number of amides is 1. The lowest BCUT2D eigenvalue weighted by atomic mass is 10.1. The number of nitro benzene ring substituents is 1. The predicted molar refractivity (Wildman–Crippen MR) is 101 cm³/mol. The molecule has 0 bridgehead atoms. The van der Waals surface area contributed by atoms with E-state index in [4.69, 9.17) is 0 Å². The first-order chi connectivity index (χ1) is 12.9. The van der Waals surface area contributed by atoms with Crippen molar-refractivity contribution in [3.63, 3.8) is 0 Å². The van der Waals surface area contributed by atoms with Crippen LogP contribution in [0.1, 0.15) is 40.7 Å². The van der Waals surface area contributed by atoms with Crippen LogP contribution in [0.3, 0.4) is 0 Å². The lowest BCUT2D eigenvalue weighted by Crippen LogP contribution is -2.29. The molecule has 1 N–H and O–H groups in total. The Morgan fingerprint density at radius 2 is 1.96 bits per heavy atom. The highest BCUT2D eigenvalue weighted by atomic mass is 19.1. The summed E-state index contributed by atoms with van der Waals surface area (Å²) in [6.45, 7) is 4.28. The van der Waals surface area contributed by atoms with Gasteiger partial charge in [-0.1, -0.05) is 18.6 Å². The van der Waals surface area contributed by atoms with E-state index < -0.39 is 22.3 Å². The number of carbonyl (C=O) groups excluding carboxylic acids is 1. The first kappa shape index (κ1) is 19.0. The summed E-state index contributed by atoms with van der Waals surface area (Å²) in [6.07, 6.45) is 3.67. The van der Waals surface area contributed by atoms with Crippen molar-refractivity contribution in [2.24, 2.45) is 0 Å². The van der Waals surface area contributed by atoms with E-state index in [1.54, 1.807) is 6.07 Å². The molecule has 0 spiro atoms. The average Bonchev–Trinajstić information content (AvgIpc) is 2.64. The van der Waals surface area contributed by atoms with Crippen LogP contribution in [0, 0.1) is 22.9 Å². The fourth-order valence-corrected chi connectivity index (χ4v) is 3.31. The summed E-state index contributed by atoms with van der Waals surface area (Å²) in [5.74, 6) is -1.35. The van der Waals surface area contributed by atoms with E-state index in [-0.39, 0.29) is 11.1 Å². The SMILES string of the molecule is Cc1c(F)cc(C(=O)Nc2cccc(CN3CCCCC3)c2)cc1[N+](=O)[O-]. The normalized spacial score (nSPS) is 14.7. The monoisotopic (exact) mass is 371 g/mol. The van der Waals surface area contributed by atoms with Gasteiger partial charge in [-0.3, -0.25) is 19.8 Å². The van der Waals surface area contributed by atoms with Crippen LogP contribution in [-0.4, -0.2) is 28.8 Å². The van der Waals surface area contributed by atoms with Gasteiger partial charge >= 0.3 is 0 Å². The van der Waals surface area contributed by atoms with Gasteiger partial charge in [-0.2, -0.15) is 0 Å². The summed E-state index contributed by atoms with van der Waals surface area (Å²) >= 11 is 0. The van der Waals surface area contributed by atoms with Crippen molar-refractivity contribution in [1.29, 1.82) is 0 Å². The molecule has 2 aromatic carbocycles. The van der Waals surface area contributed by atoms with Gasteiger partial charge in [0.25, 0.3) is 11.6 Å². The zero-order chi connectivity index (χ0) is 19.4. The Labute approximate surface area is 157 Å². The fourth-order valence-electron chi connectivity index (χ4n) is 3.31. The average molecular weight is 371 g/mol. The largest absolute Gasteiger partial charge is 0.322 e. The molecule has 0 unspecified atom stereocenters. The Hall–Kier alpha value is -2.80. The fraction of sp³-hybridized carbons (Fsp3) is 0.350. The molecule has 0 atom stereocenters. The number of nitro groups is 1. The van der Waals surface area contributed by atoms with Gasteiger partial charge in [0.15, 0.2) is 0 Å². The smallest absolute Gasteiger partial charge is 0.276 e. The number of likely N-dealkylation sites (tertiary alicyclic amines) is 1. The van der Waals surface area contributed by atoms with Gasteiger partial charge in [0.1, 0.15) is 5.82 Å². The third-order valence-corrected chi connectivity index (χ3v) is 4.82. The maximum atomic E-state index is 13.9. The van der Waals surface area contributed by atoms with Crippen LogP contribution < -0.4 is 5.32 Å². The van der Waals surface area contributed by atoms with Crippen molar-refractivity contribution in [2.75, 3.05) is 18.4 Å². The quantitative estimate of drug-likeness (QED) is 0.629. The van der Waals surface area contributed by atoms with E-state index in [1.165, 1.54) is 26.2 Å². The van der Waals surface area contributed by atoms with E-state index in [0.717, 1.165) is 37.3 Å². The van der Waals surface area contributed by atoms with Gasteiger partial charge in [-0.25, -0.2) is 4.39 Å². The van der Waals surface area contributed by atoms with E-state index in [0.29, 0.717) is 5.69 Å². The zero-order valence-corrected chi connectivity index (χ0v) is 15.2. The van der Waals surface area contributed by atoms with E-state index in [1.807, 2.05) is 18.2 Å². The van der Waals surface area contributed by atoms with Crippen LogP contribution in [0.4, 0.5) is 15.8 Å². The van der Waals surface area contributed by atoms with Crippen molar-refractivity contribution in [2.45, 2.75) is 32.7 Å². The topological polar surface area (TPSA) is 75.5 Å². The Morgan fingerprint density at radius 1 is 1.22 bits per heavy atom. The molecule has 142 valence electrons. The molecule has 6 nitrogen and oxygen atoms in total. The third kappa shape index (κ3) is 4.68. The second kappa shape index (κ2) is 8.26. The molecule has 0 saturated carbocycles. The number of hydrogen-bond acceptors (Lipinski definition) is 4. The summed E-state index contributed by atoms with van der Waals surface area (Å²) < 4.78 is 13.9. The summed E-state index contributed by atoms with van der Waals surface area (Å²) in [5.41, 5.74) is 1.10. The molecule has 2 aromatic rings. The predicted octanol–water partition coefficient (Wildman–Crippen LogP) is 4.28. The van der Waals surface area contributed by atoms with Crippen LogP contribution in [0.2, 0.25) is 0 Å². The highest BCUT2D eigenvalue weighted by molar-refractivity contribution is 6.04. The summed E-state index contributed by atoms with van der Waals surface area (Å²) in [4.78, 5) is 25.2. The Morgan fingerprint density at radius 3 is 2.67 bits per heavy atom. The number of halogens is 1. The number of hydrogen-bond donors (Lipinski definition) is 1. The second-order valence-electron chi connectivity index (χ2n) is 6.85. The summed E-state index contributed by atoms with van der Waals surface area (Å²) in [6, 6.07) is 9.61. The van der Waals surface area contributed by atoms with Crippen molar-refractivity contribution in [3.8, 4) is 0 Å². The molecule has 1 aliphatic rings. The molecule has 1 saturated heterocycles. The minimum Gasteiger partial charge on any atom is -0.322 e. The van der Waals surface area contributed by atoms with Crippen LogP contribution in [0.25, 0.3) is 0 Å². The molecule has 0 aliphatic carbocycles.